The number of hydrogen-bond acceptors (Lipinski definition) is 3. The summed E-state index contributed by atoms with van der Waals surface area (Å²) in [7, 11) is 3.51. The molecule has 1 aliphatic carbocycles. The molecule has 0 aliphatic heterocycles. The monoisotopic (exact) mass is 277 g/mol. The molecule has 0 bridgehead atoms. The van der Waals surface area contributed by atoms with E-state index in [1.165, 1.54) is 24.8 Å². The van der Waals surface area contributed by atoms with Gasteiger partial charge in [0.15, 0.2) is 0 Å². The van der Waals surface area contributed by atoms with Crippen LogP contribution in [0.5, 0.6) is 5.75 Å². The van der Waals surface area contributed by atoms with Crippen molar-refractivity contribution in [3.05, 3.63) is 29.8 Å². The molecule has 2 N–H and O–H groups in total. The number of hydrogen-bond donors (Lipinski definition) is 1. The summed E-state index contributed by atoms with van der Waals surface area (Å²) in [6.07, 6.45) is 7.97. The third kappa shape index (κ3) is 3.53. The summed E-state index contributed by atoms with van der Waals surface area (Å²) < 4.78 is 11.0. The third-order valence-corrected chi connectivity index (χ3v) is 4.69. The van der Waals surface area contributed by atoms with Crippen LogP contribution < -0.4 is 10.5 Å². The number of methoxy groups -OCH3 is 2. The van der Waals surface area contributed by atoms with Gasteiger partial charge in [0.1, 0.15) is 5.75 Å². The van der Waals surface area contributed by atoms with E-state index in [0.29, 0.717) is 0 Å². The molecule has 20 heavy (non-hydrogen) atoms. The minimum Gasteiger partial charge on any atom is -0.497 e. The molecule has 1 fully saturated rings. The second-order valence-electron chi connectivity index (χ2n) is 5.82. The van der Waals surface area contributed by atoms with Gasteiger partial charge in [-0.1, -0.05) is 31.4 Å². The fourth-order valence-electron chi connectivity index (χ4n) is 3.25. The lowest BCUT2D eigenvalue weighted by Crippen LogP contribution is -2.51. The van der Waals surface area contributed by atoms with Crippen molar-refractivity contribution in [1.29, 1.82) is 0 Å². The summed E-state index contributed by atoms with van der Waals surface area (Å²) in [5.41, 5.74) is 7.66. The van der Waals surface area contributed by atoms with Crippen molar-refractivity contribution in [2.45, 2.75) is 56.6 Å². The van der Waals surface area contributed by atoms with Gasteiger partial charge in [-0.15, -0.1) is 0 Å². The third-order valence-electron chi connectivity index (χ3n) is 4.69. The van der Waals surface area contributed by atoms with Crippen LogP contribution in [-0.2, 0) is 11.2 Å². The molecule has 112 valence electrons. The molecule has 3 heteroatoms. The first-order chi connectivity index (χ1) is 9.70. The highest BCUT2D eigenvalue weighted by molar-refractivity contribution is 5.27. The van der Waals surface area contributed by atoms with Crippen LogP contribution >= 0.6 is 0 Å². The minimum absolute atomic E-state index is 0.0925. The molecule has 1 aliphatic rings. The van der Waals surface area contributed by atoms with E-state index in [-0.39, 0.29) is 11.6 Å². The van der Waals surface area contributed by atoms with E-state index in [1.807, 2.05) is 19.2 Å². The maximum absolute atomic E-state index is 6.45. The van der Waals surface area contributed by atoms with E-state index in [9.17, 15) is 0 Å². The lowest BCUT2D eigenvalue weighted by Gasteiger charge is -2.41. The average molecular weight is 277 g/mol. The van der Waals surface area contributed by atoms with Crippen LogP contribution in [0.1, 0.15) is 44.1 Å². The Kier molecular flexibility index (Phi) is 5.44. The standard InChI is InChI=1S/C17H27NO2/c1-19-15-9-6-14(7-10-15)8-11-16(18)17(20-2)12-4-3-5-13-17/h6-7,9-10,16H,3-5,8,11-13,18H2,1-2H3. The second-order valence-corrected chi connectivity index (χ2v) is 5.82. The van der Waals surface area contributed by atoms with Crippen molar-refractivity contribution in [3.8, 4) is 5.75 Å². The molecule has 1 saturated carbocycles. The highest BCUT2D eigenvalue weighted by Gasteiger charge is 2.37. The van der Waals surface area contributed by atoms with Gasteiger partial charge >= 0.3 is 0 Å². The molecule has 1 aromatic rings. The van der Waals surface area contributed by atoms with Crippen molar-refractivity contribution in [2.75, 3.05) is 14.2 Å². The number of benzene rings is 1. The Balaban J connectivity index is 1.91. The summed E-state index contributed by atoms with van der Waals surface area (Å²) in [6, 6.07) is 8.37. The number of rotatable bonds is 6. The van der Waals surface area contributed by atoms with Gasteiger partial charge in [0, 0.05) is 13.2 Å². The van der Waals surface area contributed by atoms with E-state index in [1.54, 1.807) is 7.11 Å². The Bertz CT molecular complexity index is 396. The van der Waals surface area contributed by atoms with Gasteiger partial charge in [-0.25, -0.2) is 0 Å². The van der Waals surface area contributed by atoms with Gasteiger partial charge in [0.2, 0.25) is 0 Å². The summed E-state index contributed by atoms with van der Waals surface area (Å²) in [6.45, 7) is 0. The fourth-order valence-corrected chi connectivity index (χ4v) is 3.25. The van der Waals surface area contributed by atoms with Crippen molar-refractivity contribution >= 4 is 0 Å². The zero-order chi connectivity index (χ0) is 14.4. The van der Waals surface area contributed by atoms with Gasteiger partial charge in [-0.3, -0.25) is 0 Å². The lowest BCUT2D eigenvalue weighted by molar-refractivity contribution is -0.0600. The molecular weight excluding hydrogens is 250 g/mol. The Morgan fingerprint density at radius 3 is 2.30 bits per heavy atom. The zero-order valence-electron chi connectivity index (χ0n) is 12.7. The molecule has 0 heterocycles. The molecule has 3 nitrogen and oxygen atoms in total. The van der Waals surface area contributed by atoms with Crippen LogP contribution in [0.25, 0.3) is 0 Å². The molecule has 2 rings (SSSR count). The largest absolute Gasteiger partial charge is 0.497 e. The van der Waals surface area contributed by atoms with Crippen molar-refractivity contribution in [2.24, 2.45) is 5.73 Å². The predicted molar refractivity (Wildman–Crippen MR) is 82.1 cm³/mol. The minimum atomic E-state index is -0.0925. The normalized spacial score (nSPS) is 19.6. The lowest BCUT2D eigenvalue weighted by atomic mass is 9.77. The highest BCUT2D eigenvalue weighted by atomic mass is 16.5. The first-order valence-corrected chi connectivity index (χ1v) is 7.64. The predicted octanol–water partition coefficient (Wildman–Crippen LogP) is 3.30. The maximum atomic E-state index is 6.45. The van der Waals surface area contributed by atoms with E-state index < -0.39 is 0 Å². The van der Waals surface area contributed by atoms with Gasteiger partial charge in [-0.2, -0.15) is 0 Å². The van der Waals surface area contributed by atoms with E-state index in [2.05, 4.69) is 12.1 Å². The Hall–Kier alpha value is -1.06. The second kappa shape index (κ2) is 7.09. The zero-order valence-corrected chi connectivity index (χ0v) is 12.7. The van der Waals surface area contributed by atoms with E-state index in [4.69, 9.17) is 15.2 Å². The summed E-state index contributed by atoms with van der Waals surface area (Å²) >= 11 is 0. The van der Waals surface area contributed by atoms with Crippen molar-refractivity contribution < 1.29 is 9.47 Å². The summed E-state index contributed by atoms with van der Waals surface area (Å²) in [4.78, 5) is 0. The molecule has 1 aromatic carbocycles. The molecule has 0 saturated heterocycles. The van der Waals surface area contributed by atoms with Crippen molar-refractivity contribution in [3.63, 3.8) is 0 Å². The highest BCUT2D eigenvalue weighted by Crippen LogP contribution is 2.34. The van der Waals surface area contributed by atoms with Crippen LogP contribution in [0.2, 0.25) is 0 Å². The molecule has 0 amide bonds. The van der Waals surface area contributed by atoms with Crippen LogP contribution in [0, 0.1) is 0 Å². The summed E-state index contributed by atoms with van der Waals surface area (Å²) in [5.74, 6) is 0.902. The van der Waals surface area contributed by atoms with Crippen LogP contribution in [0.4, 0.5) is 0 Å². The van der Waals surface area contributed by atoms with Crippen molar-refractivity contribution in [1.82, 2.24) is 0 Å². The smallest absolute Gasteiger partial charge is 0.118 e. The van der Waals surface area contributed by atoms with Crippen LogP contribution in [-0.4, -0.2) is 25.9 Å². The van der Waals surface area contributed by atoms with E-state index in [0.717, 1.165) is 31.4 Å². The van der Waals surface area contributed by atoms with Gasteiger partial charge in [0.25, 0.3) is 0 Å². The average Bonchev–Trinajstić information content (AvgIpc) is 2.53. The Morgan fingerprint density at radius 2 is 1.75 bits per heavy atom. The molecular formula is C17H27NO2. The molecule has 0 radical (unpaired) electrons. The molecule has 0 spiro atoms. The topological polar surface area (TPSA) is 44.5 Å². The van der Waals surface area contributed by atoms with Crippen LogP contribution in [0.15, 0.2) is 24.3 Å². The Labute approximate surface area is 122 Å². The summed E-state index contributed by atoms with van der Waals surface area (Å²) in [5, 5.41) is 0. The number of ether oxygens (including phenoxy) is 2. The van der Waals surface area contributed by atoms with Gasteiger partial charge in [-0.05, 0) is 43.4 Å². The SMILES string of the molecule is COc1ccc(CCC(N)C2(OC)CCCCC2)cc1. The quantitative estimate of drug-likeness (QED) is 0.867. The van der Waals surface area contributed by atoms with Gasteiger partial charge < -0.3 is 15.2 Å². The van der Waals surface area contributed by atoms with Crippen LogP contribution in [0.3, 0.4) is 0 Å². The first kappa shape index (κ1) is 15.3. The van der Waals surface area contributed by atoms with Gasteiger partial charge in [0.05, 0.1) is 12.7 Å². The van der Waals surface area contributed by atoms with E-state index >= 15 is 0 Å². The molecule has 0 aromatic heterocycles. The fraction of sp³-hybridized carbons (Fsp3) is 0.647. The Morgan fingerprint density at radius 1 is 1.10 bits per heavy atom. The maximum Gasteiger partial charge on any atom is 0.118 e. The molecule has 1 unspecified atom stereocenters. The number of aryl methyl sites for hydroxylation is 1. The molecule has 1 atom stereocenters. The number of nitrogens with two attached hydrogens (primary N) is 1. The first-order valence-electron chi connectivity index (χ1n) is 7.64.